The average molecular weight is 522 g/mol. The van der Waals surface area contributed by atoms with Crippen molar-refractivity contribution in [2.24, 2.45) is 0 Å². The second-order valence-corrected chi connectivity index (χ2v) is 9.79. The summed E-state index contributed by atoms with van der Waals surface area (Å²) in [6.07, 6.45) is 4.39. The van der Waals surface area contributed by atoms with Gasteiger partial charge in [-0.25, -0.2) is 0 Å². The molecule has 0 fully saturated rings. The Morgan fingerprint density at radius 2 is 1.56 bits per heavy atom. The predicted molar refractivity (Wildman–Crippen MR) is 134 cm³/mol. The normalized spacial score (nSPS) is 18.4. The summed E-state index contributed by atoms with van der Waals surface area (Å²) in [7, 11) is 0. The number of benzene rings is 2. The van der Waals surface area contributed by atoms with Crippen LogP contribution in [0.4, 0.5) is 0 Å². The summed E-state index contributed by atoms with van der Waals surface area (Å²) >= 11 is 3.69. The van der Waals surface area contributed by atoms with Gasteiger partial charge < -0.3 is 14.8 Å². The summed E-state index contributed by atoms with van der Waals surface area (Å²) in [5.74, 6) is 1.11. The van der Waals surface area contributed by atoms with E-state index >= 15 is 0 Å². The zero-order valence-corrected chi connectivity index (χ0v) is 20.9. The van der Waals surface area contributed by atoms with Crippen molar-refractivity contribution in [1.29, 1.82) is 0 Å². The van der Waals surface area contributed by atoms with E-state index in [4.69, 9.17) is 9.47 Å². The zero-order chi connectivity index (χ0) is 23.7. The van der Waals surface area contributed by atoms with Crippen molar-refractivity contribution in [2.75, 3.05) is 6.61 Å². The van der Waals surface area contributed by atoms with E-state index in [0.717, 1.165) is 63.8 Å². The number of ketones is 2. The number of hydrogen-bond acceptors (Lipinski definition) is 5. The minimum atomic E-state index is -0.370. The molecule has 0 saturated heterocycles. The van der Waals surface area contributed by atoms with Gasteiger partial charge in [-0.05, 0) is 71.8 Å². The van der Waals surface area contributed by atoms with Gasteiger partial charge in [0.2, 0.25) is 0 Å². The van der Waals surface area contributed by atoms with Crippen molar-refractivity contribution < 1.29 is 19.1 Å². The maximum absolute atomic E-state index is 13.1. The Kier molecular flexibility index (Phi) is 6.59. The van der Waals surface area contributed by atoms with E-state index < -0.39 is 0 Å². The lowest BCUT2D eigenvalue weighted by Gasteiger charge is -2.37. The number of rotatable bonds is 6. The fraction of sp³-hybridized carbons (Fsp3) is 0.357. The van der Waals surface area contributed by atoms with Crippen LogP contribution in [0.5, 0.6) is 11.5 Å². The number of carbonyl (C=O) groups excluding carboxylic acids is 2. The topological polar surface area (TPSA) is 64.6 Å². The van der Waals surface area contributed by atoms with E-state index in [0.29, 0.717) is 37.6 Å². The Labute approximate surface area is 208 Å². The molecule has 5 nitrogen and oxygen atoms in total. The van der Waals surface area contributed by atoms with Crippen LogP contribution in [0.2, 0.25) is 0 Å². The lowest BCUT2D eigenvalue weighted by molar-refractivity contribution is -0.116. The average Bonchev–Trinajstić information content (AvgIpc) is 2.83. The first-order valence-electron chi connectivity index (χ1n) is 12.0. The molecule has 6 heteroatoms. The SMILES string of the molecule is CCOc1cc(C2C3=C(CCCC3=O)NC3=C2C(=O)CCC3)cc(Br)c1OCc1ccccc1. The Bertz CT molecular complexity index is 1160. The molecule has 2 aromatic rings. The molecule has 0 radical (unpaired) electrons. The molecule has 1 N–H and O–H groups in total. The van der Waals surface area contributed by atoms with Crippen molar-refractivity contribution in [2.45, 2.75) is 58.0 Å². The summed E-state index contributed by atoms with van der Waals surface area (Å²) < 4.78 is 12.9. The highest BCUT2D eigenvalue weighted by Crippen LogP contribution is 2.48. The monoisotopic (exact) mass is 521 g/mol. The van der Waals surface area contributed by atoms with Crippen LogP contribution in [-0.4, -0.2) is 18.2 Å². The van der Waals surface area contributed by atoms with E-state index in [-0.39, 0.29) is 17.5 Å². The number of hydrogen-bond donors (Lipinski definition) is 1. The number of dihydropyridines is 1. The second-order valence-electron chi connectivity index (χ2n) is 8.93. The van der Waals surface area contributed by atoms with Crippen molar-refractivity contribution >= 4 is 27.5 Å². The minimum absolute atomic E-state index is 0.127. The smallest absolute Gasteiger partial charge is 0.175 e. The fourth-order valence-electron chi connectivity index (χ4n) is 5.20. The Morgan fingerprint density at radius 1 is 0.912 bits per heavy atom. The molecule has 176 valence electrons. The van der Waals surface area contributed by atoms with Gasteiger partial charge >= 0.3 is 0 Å². The third-order valence-electron chi connectivity index (χ3n) is 6.68. The number of halogens is 1. The Morgan fingerprint density at radius 3 is 2.18 bits per heavy atom. The molecular formula is C28H28BrNO4. The molecule has 0 saturated carbocycles. The molecule has 2 aromatic carbocycles. The number of allylic oxidation sites excluding steroid dienone is 4. The highest BCUT2D eigenvalue weighted by Gasteiger charge is 2.40. The molecule has 0 spiro atoms. The fourth-order valence-corrected chi connectivity index (χ4v) is 5.78. The highest BCUT2D eigenvalue weighted by molar-refractivity contribution is 9.10. The lowest BCUT2D eigenvalue weighted by Crippen LogP contribution is -2.36. The van der Waals surface area contributed by atoms with Crippen LogP contribution in [0.15, 0.2) is 69.5 Å². The van der Waals surface area contributed by atoms with Gasteiger partial charge in [-0.3, -0.25) is 9.59 Å². The van der Waals surface area contributed by atoms with Gasteiger partial charge in [0, 0.05) is 41.3 Å². The molecular weight excluding hydrogens is 494 g/mol. The van der Waals surface area contributed by atoms with Crippen LogP contribution in [0.1, 0.15) is 62.5 Å². The van der Waals surface area contributed by atoms with Crippen molar-refractivity contribution in [3.8, 4) is 11.5 Å². The van der Waals surface area contributed by atoms with Crippen LogP contribution in [0.3, 0.4) is 0 Å². The maximum atomic E-state index is 13.1. The summed E-state index contributed by atoms with van der Waals surface area (Å²) in [5, 5.41) is 3.47. The molecule has 1 aliphatic heterocycles. The molecule has 0 aromatic heterocycles. The lowest BCUT2D eigenvalue weighted by atomic mass is 9.71. The number of carbonyl (C=O) groups is 2. The number of nitrogens with one attached hydrogen (secondary N) is 1. The van der Waals surface area contributed by atoms with Crippen LogP contribution in [0.25, 0.3) is 0 Å². The largest absolute Gasteiger partial charge is 0.490 e. The summed E-state index contributed by atoms with van der Waals surface area (Å²) in [4.78, 5) is 26.2. The first kappa shape index (κ1) is 22.9. The quantitative estimate of drug-likeness (QED) is 0.495. The molecule has 34 heavy (non-hydrogen) atoms. The summed E-state index contributed by atoms with van der Waals surface area (Å²) in [6.45, 7) is 2.82. The molecule has 0 atom stereocenters. The van der Waals surface area contributed by atoms with Crippen molar-refractivity contribution in [1.82, 2.24) is 5.32 Å². The van der Waals surface area contributed by atoms with Crippen LogP contribution in [0, 0.1) is 0 Å². The van der Waals surface area contributed by atoms with E-state index in [1.54, 1.807) is 0 Å². The molecule has 0 unspecified atom stereocenters. The summed E-state index contributed by atoms with van der Waals surface area (Å²) in [6, 6.07) is 13.9. The van der Waals surface area contributed by atoms with E-state index in [9.17, 15) is 9.59 Å². The standard InChI is InChI=1S/C28H28BrNO4/c1-2-33-24-15-18(14-19(29)28(24)34-16-17-8-4-3-5-9-17)25-26-20(10-6-12-22(26)31)30-21-11-7-13-23(32)27(21)25/h3-5,8-9,14-15,25,30H,2,6-7,10-13,16H2,1H3. The maximum Gasteiger partial charge on any atom is 0.175 e. The Balaban J connectivity index is 1.58. The van der Waals surface area contributed by atoms with E-state index in [1.807, 2.05) is 49.4 Å². The van der Waals surface area contributed by atoms with Gasteiger partial charge in [0.25, 0.3) is 0 Å². The number of Topliss-reactive ketones (excluding diaryl/α,β-unsaturated/α-hetero) is 2. The zero-order valence-electron chi connectivity index (χ0n) is 19.3. The van der Waals surface area contributed by atoms with Gasteiger partial charge in [-0.1, -0.05) is 30.3 Å². The summed E-state index contributed by atoms with van der Waals surface area (Å²) in [5.41, 5.74) is 5.39. The highest BCUT2D eigenvalue weighted by atomic mass is 79.9. The third-order valence-corrected chi connectivity index (χ3v) is 7.27. The predicted octanol–water partition coefficient (Wildman–Crippen LogP) is 6.13. The Hall–Kier alpha value is -2.86. The molecule has 0 bridgehead atoms. The van der Waals surface area contributed by atoms with Gasteiger partial charge in [0.1, 0.15) is 6.61 Å². The minimum Gasteiger partial charge on any atom is -0.490 e. The van der Waals surface area contributed by atoms with Crippen LogP contribution < -0.4 is 14.8 Å². The second kappa shape index (κ2) is 9.79. The van der Waals surface area contributed by atoms with E-state index in [2.05, 4.69) is 21.2 Å². The van der Waals surface area contributed by atoms with Crippen LogP contribution >= 0.6 is 15.9 Å². The molecule has 3 aliphatic rings. The molecule has 0 amide bonds. The van der Waals surface area contributed by atoms with Gasteiger partial charge in [0.05, 0.1) is 11.1 Å². The first-order valence-corrected chi connectivity index (χ1v) is 12.8. The molecule has 2 aliphatic carbocycles. The van der Waals surface area contributed by atoms with Gasteiger partial charge in [-0.15, -0.1) is 0 Å². The number of ether oxygens (including phenoxy) is 2. The van der Waals surface area contributed by atoms with E-state index in [1.165, 1.54) is 0 Å². The first-order chi connectivity index (χ1) is 16.6. The van der Waals surface area contributed by atoms with Gasteiger partial charge in [-0.2, -0.15) is 0 Å². The van der Waals surface area contributed by atoms with Crippen LogP contribution in [-0.2, 0) is 16.2 Å². The van der Waals surface area contributed by atoms with Crippen molar-refractivity contribution in [3.63, 3.8) is 0 Å². The van der Waals surface area contributed by atoms with Crippen molar-refractivity contribution in [3.05, 3.63) is 80.6 Å². The van der Waals surface area contributed by atoms with Gasteiger partial charge in [0.15, 0.2) is 23.1 Å². The molecule has 1 heterocycles. The third kappa shape index (κ3) is 4.31. The molecule has 5 rings (SSSR count).